The van der Waals surface area contributed by atoms with Gasteiger partial charge in [0.25, 0.3) is 5.56 Å². The Labute approximate surface area is 134 Å². The van der Waals surface area contributed by atoms with Crippen molar-refractivity contribution in [2.24, 2.45) is 0 Å². The lowest BCUT2D eigenvalue weighted by molar-refractivity contribution is -0.0237. The number of aliphatic hydroxyl groups is 1. The van der Waals surface area contributed by atoms with Crippen LogP contribution in [0.1, 0.15) is 12.6 Å². The van der Waals surface area contributed by atoms with Crippen LogP contribution in [0.5, 0.6) is 0 Å². The first-order valence-electron chi connectivity index (χ1n) is 7.49. The molecule has 1 fully saturated rings. The zero-order valence-electron chi connectivity index (χ0n) is 13.2. The van der Waals surface area contributed by atoms with Crippen molar-refractivity contribution in [3.63, 3.8) is 0 Å². The minimum Gasteiger partial charge on any atom is -0.394 e. The summed E-state index contributed by atoms with van der Waals surface area (Å²) in [5.74, 6) is 1.05. The SMILES string of the molecule is C[Si](C)(C)CCSC1C[C@H](n2ccc(=O)[nH]c2=O)O[C@@H]1CO. The molecular weight excluding hydrogens is 320 g/mol. The number of aliphatic hydroxyl groups excluding tert-OH is 1. The van der Waals surface area contributed by atoms with E-state index in [0.29, 0.717) is 6.42 Å². The molecule has 6 nitrogen and oxygen atoms in total. The van der Waals surface area contributed by atoms with Crippen LogP contribution in [-0.4, -0.2) is 46.4 Å². The summed E-state index contributed by atoms with van der Waals surface area (Å²) in [5.41, 5.74) is -0.888. The van der Waals surface area contributed by atoms with Gasteiger partial charge in [-0.3, -0.25) is 14.3 Å². The van der Waals surface area contributed by atoms with Crippen molar-refractivity contribution >= 4 is 19.8 Å². The number of aromatic amines is 1. The highest BCUT2D eigenvalue weighted by molar-refractivity contribution is 8.00. The van der Waals surface area contributed by atoms with E-state index in [2.05, 4.69) is 24.6 Å². The molecule has 0 spiro atoms. The summed E-state index contributed by atoms with van der Waals surface area (Å²) < 4.78 is 7.19. The number of ether oxygens (including phenoxy) is 1. The number of thioether (sulfide) groups is 1. The molecule has 2 N–H and O–H groups in total. The summed E-state index contributed by atoms with van der Waals surface area (Å²) in [4.78, 5) is 25.2. The summed E-state index contributed by atoms with van der Waals surface area (Å²) in [6.45, 7) is 6.96. The summed E-state index contributed by atoms with van der Waals surface area (Å²) in [6.07, 6.45) is 1.42. The van der Waals surface area contributed by atoms with Crippen LogP contribution in [0.15, 0.2) is 21.9 Å². The maximum atomic E-state index is 11.8. The average molecular weight is 345 g/mol. The van der Waals surface area contributed by atoms with Gasteiger partial charge in [0.1, 0.15) is 6.23 Å². The first kappa shape index (κ1) is 17.5. The minimum atomic E-state index is -1.08. The van der Waals surface area contributed by atoms with Crippen molar-refractivity contribution in [2.75, 3.05) is 12.4 Å². The monoisotopic (exact) mass is 344 g/mol. The Bertz CT molecular complexity index is 610. The number of nitrogens with one attached hydrogen (secondary N) is 1. The van der Waals surface area contributed by atoms with Gasteiger partial charge in [-0.1, -0.05) is 19.6 Å². The van der Waals surface area contributed by atoms with E-state index in [1.54, 1.807) is 0 Å². The van der Waals surface area contributed by atoms with Crippen molar-refractivity contribution in [2.45, 2.75) is 49.7 Å². The van der Waals surface area contributed by atoms with E-state index in [1.165, 1.54) is 22.9 Å². The van der Waals surface area contributed by atoms with E-state index in [9.17, 15) is 14.7 Å². The van der Waals surface area contributed by atoms with Gasteiger partial charge in [0.05, 0.1) is 12.7 Å². The van der Waals surface area contributed by atoms with Crippen molar-refractivity contribution in [3.05, 3.63) is 33.1 Å². The Balaban J connectivity index is 2.02. The molecule has 0 amide bonds. The first-order valence-corrected chi connectivity index (χ1v) is 12.2. The molecule has 1 saturated heterocycles. The molecule has 1 aromatic rings. The number of hydrogen-bond donors (Lipinski definition) is 2. The molecule has 1 unspecified atom stereocenters. The third kappa shape index (κ3) is 4.58. The molecule has 0 bridgehead atoms. The van der Waals surface area contributed by atoms with Crippen molar-refractivity contribution in [3.8, 4) is 0 Å². The van der Waals surface area contributed by atoms with Gasteiger partial charge >= 0.3 is 5.69 Å². The highest BCUT2D eigenvalue weighted by Crippen LogP contribution is 2.36. The number of rotatable bonds is 6. The fourth-order valence-corrected chi connectivity index (χ4v) is 6.27. The second kappa shape index (κ2) is 7.16. The quantitative estimate of drug-likeness (QED) is 0.759. The number of aromatic nitrogens is 2. The van der Waals surface area contributed by atoms with Gasteiger partial charge in [-0.15, -0.1) is 0 Å². The topological polar surface area (TPSA) is 84.3 Å². The molecule has 0 radical (unpaired) electrons. The molecule has 2 heterocycles. The molecule has 2 rings (SSSR count). The molecule has 1 aliphatic heterocycles. The van der Waals surface area contributed by atoms with E-state index >= 15 is 0 Å². The van der Waals surface area contributed by atoms with Gasteiger partial charge in [-0.25, -0.2) is 4.79 Å². The Hall–Kier alpha value is -0.833. The zero-order chi connectivity index (χ0) is 16.3. The molecule has 0 aromatic carbocycles. The Morgan fingerprint density at radius 3 is 2.77 bits per heavy atom. The van der Waals surface area contributed by atoms with Gasteiger partial charge in [0, 0.05) is 32.0 Å². The van der Waals surface area contributed by atoms with Gasteiger partial charge in [-0.2, -0.15) is 11.8 Å². The van der Waals surface area contributed by atoms with Gasteiger partial charge in [0.2, 0.25) is 0 Å². The third-order valence-corrected chi connectivity index (χ3v) is 7.18. The van der Waals surface area contributed by atoms with Gasteiger partial charge in [0.15, 0.2) is 0 Å². The van der Waals surface area contributed by atoms with Gasteiger partial charge < -0.3 is 9.84 Å². The standard InChI is InChI=1S/C14H24N2O4SSi/c1-22(2,3)7-6-21-11-8-13(20-10(11)9-17)16-5-4-12(18)15-14(16)19/h4-5,10-11,13,17H,6-9H2,1-3H3,(H,15,18,19)/t10-,11?,13-/m1/s1. The lowest BCUT2D eigenvalue weighted by atomic mass is 10.2. The maximum absolute atomic E-state index is 11.8. The largest absolute Gasteiger partial charge is 0.394 e. The van der Waals surface area contributed by atoms with Crippen molar-refractivity contribution in [1.29, 1.82) is 0 Å². The van der Waals surface area contributed by atoms with Crippen LogP contribution >= 0.6 is 11.8 Å². The minimum absolute atomic E-state index is 0.0563. The first-order chi connectivity index (χ1) is 10.3. The number of hydrogen-bond acceptors (Lipinski definition) is 5. The van der Waals surface area contributed by atoms with Crippen LogP contribution < -0.4 is 11.2 Å². The molecule has 22 heavy (non-hydrogen) atoms. The average Bonchev–Trinajstić information content (AvgIpc) is 2.80. The normalized spacial score (nSPS) is 25.5. The Morgan fingerprint density at radius 1 is 1.45 bits per heavy atom. The summed E-state index contributed by atoms with van der Waals surface area (Å²) in [5, 5.41) is 9.67. The summed E-state index contributed by atoms with van der Waals surface area (Å²) >= 11 is 1.81. The zero-order valence-corrected chi connectivity index (χ0v) is 15.1. The predicted molar refractivity (Wildman–Crippen MR) is 91.3 cm³/mol. The molecule has 8 heteroatoms. The smallest absolute Gasteiger partial charge is 0.330 e. The number of H-pyrrole nitrogens is 1. The molecule has 0 aliphatic carbocycles. The lowest BCUT2D eigenvalue weighted by Crippen LogP contribution is -2.31. The second-order valence-electron chi connectivity index (χ2n) is 6.78. The summed E-state index contributed by atoms with van der Waals surface area (Å²) in [7, 11) is -1.08. The summed E-state index contributed by atoms with van der Waals surface area (Å²) in [6, 6.07) is 2.53. The Kier molecular flexibility index (Phi) is 5.70. The number of nitrogens with zero attached hydrogens (tertiary/aromatic N) is 1. The predicted octanol–water partition coefficient (Wildman–Crippen LogP) is 1.26. The third-order valence-electron chi connectivity index (χ3n) is 3.71. The Morgan fingerprint density at radius 2 is 2.18 bits per heavy atom. The molecule has 0 saturated carbocycles. The molecular formula is C14H24N2O4SSi. The molecule has 1 aliphatic rings. The maximum Gasteiger partial charge on any atom is 0.330 e. The second-order valence-corrected chi connectivity index (χ2v) is 13.8. The van der Waals surface area contributed by atoms with Crippen LogP contribution in [0.2, 0.25) is 25.7 Å². The van der Waals surface area contributed by atoms with E-state index in [0.717, 1.165) is 5.75 Å². The van der Waals surface area contributed by atoms with Crippen LogP contribution in [0, 0.1) is 0 Å². The van der Waals surface area contributed by atoms with E-state index in [4.69, 9.17) is 4.74 Å². The van der Waals surface area contributed by atoms with Crippen LogP contribution in [0.4, 0.5) is 0 Å². The fourth-order valence-electron chi connectivity index (χ4n) is 2.38. The molecule has 3 atom stereocenters. The van der Waals surface area contributed by atoms with Crippen molar-refractivity contribution < 1.29 is 9.84 Å². The van der Waals surface area contributed by atoms with Gasteiger partial charge in [-0.05, 0) is 11.8 Å². The lowest BCUT2D eigenvalue weighted by Gasteiger charge is -2.19. The van der Waals surface area contributed by atoms with Crippen LogP contribution in [-0.2, 0) is 4.74 Å². The molecule has 124 valence electrons. The highest BCUT2D eigenvalue weighted by atomic mass is 32.2. The van der Waals surface area contributed by atoms with Crippen molar-refractivity contribution in [1.82, 2.24) is 9.55 Å². The van der Waals surface area contributed by atoms with E-state index < -0.39 is 25.6 Å². The van der Waals surface area contributed by atoms with Crippen LogP contribution in [0.3, 0.4) is 0 Å². The highest BCUT2D eigenvalue weighted by Gasteiger charge is 2.36. The molecule has 1 aromatic heterocycles. The van der Waals surface area contributed by atoms with E-state index in [1.807, 2.05) is 11.8 Å². The van der Waals surface area contributed by atoms with Crippen LogP contribution in [0.25, 0.3) is 0 Å². The van der Waals surface area contributed by atoms with E-state index in [-0.39, 0.29) is 18.0 Å². The fraction of sp³-hybridized carbons (Fsp3) is 0.714.